The van der Waals surface area contributed by atoms with Gasteiger partial charge in [-0.05, 0) is 13.8 Å². The third kappa shape index (κ3) is 3.39. The van der Waals surface area contributed by atoms with Gasteiger partial charge >= 0.3 is 0 Å². The van der Waals surface area contributed by atoms with Gasteiger partial charge in [-0.15, -0.1) is 0 Å². The first-order valence-corrected chi connectivity index (χ1v) is 4.83. The first-order valence-electron chi connectivity index (χ1n) is 4.83. The van der Waals surface area contributed by atoms with E-state index in [2.05, 4.69) is 5.16 Å². The molecule has 86 valence electrons. The third-order valence-corrected chi connectivity index (χ3v) is 2.24. The van der Waals surface area contributed by atoms with Gasteiger partial charge in [-0.3, -0.25) is 4.79 Å². The van der Waals surface area contributed by atoms with Crippen molar-refractivity contribution in [1.82, 2.24) is 4.90 Å². The average Bonchev–Trinajstić information content (AvgIpc) is 2.16. The van der Waals surface area contributed by atoms with Gasteiger partial charge in [0.15, 0.2) is 0 Å². The molecule has 1 rings (SSSR count). The summed E-state index contributed by atoms with van der Waals surface area (Å²) in [5.41, 5.74) is 4.95. The van der Waals surface area contributed by atoms with Crippen molar-refractivity contribution >= 4 is 11.7 Å². The molecule has 0 aliphatic carbocycles. The van der Waals surface area contributed by atoms with Crippen LogP contribution in [0, 0.1) is 0 Å². The van der Waals surface area contributed by atoms with Crippen molar-refractivity contribution in [2.75, 3.05) is 19.7 Å². The van der Waals surface area contributed by atoms with Gasteiger partial charge in [-0.25, -0.2) is 0 Å². The molecule has 3 N–H and O–H groups in total. The van der Waals surface area contributed by atoms with Gasteiger partial charge in [0.1, 0.15) is 5.84 Å². The van der Waals surface area contributed by atoms with Gasteiger partial charge in [0.2, 0.25) is 5.91 Å². The zero-order valence-corrected chi connectivity index (χ0v) is 9.06. The second-order valence-corrected chi connectivity index (χ2v) is 4.19. The van der Waals surface area contributed by atoms with E-state index in [9.17, 15) is 4.79 Å². The normalized spacial score (nSPS) is 21.5. The van der Waals surface area contributed by atoms with Crippen molar-refractivity contribution in [3.05, 3.63) is 0 Å². The Morgan fingerprint density at radius 1 is 1.67 bits per heavy atom. The van der Waals surface area contributed by atoms with E-state index in [4.69, 9.17) is 15.7 Å². The molecule has 0 unspecified atom stereocenters. The minimum atomic E-state index is -0.320. The Bertz CT molecular complexity index is 276. The predicted molar refractivity (Wildman–Crippen MR) is 54.6 cm³/mol. The summed E-state index contributed by atoms with van der Waals surface area (Å²) in [4.78, 5) is 13.3. The Morgan fingerprint density at radius 2 is 2.33 bits per heavy atom. The Labute approximate surface area is 88.7 Å². The van der Waals surface area contributed by atoms with Gasteiger partial charge in [0.05, 0.1) is 18.6 Å². The summed E-state index contributed by atoms with van der Waals surface area (Å²) < 4.78 is 5.47. The molecule has 1 fully saturated rings. The minimum Gasteiger partial charge on any atom is -0.409 e. The van der Waals surface area contributed by atoms with Gasteiger partial charge in [-0.2, -0.15) is 0 Å². The lowest BCUT2D eigenvalue weighted by Crippen LogP contribution is -2.51. The highest BCUT2D eigenvalue weighted by atomic mass is 16.5. The van der Waals surface area contributed by atoms with Crippen molar-refractivity contribution in [2.24, 2.45) is 10.9 Å². The number of carbonyl (C=O) groups excluding carboxylic acids is 1. The fourth-order valence-electron chi connectivity index (χ4n) is 1.53. The van der Waals surface area contributed by atoms with Gasteiger partial charge < -0.3 is 20.6 Å². The number of amides is 1. The Hall–Kier alpha value is -1.30. The zero-order valence-electron chi connectivity index (χ0n) is 9.06. The van der Waals surface area contributed by atoms with E-state index < -0.39 is 0 Å². The maximum absolute atomic E-state index is 11.7. The van der Waals surface area contributed by atoms with Crippen LogP contribution in [-0.4, -0.2) is 47.1 Å². The van der Waals surface area contributed by atoms with Crippen LogP contribution in [0.25, 0.3) is 0 Å². The first kappa shape index (κ1) is 11.8. The lowest BCUT2D eigenvalue weighted by atomic mass is 10.1. The number of oxime groups is 1. The van der Waals surface area contributed by atoms with Crippen LogP contribution in [-0.2, 0) is 9.53 Å². The monoisotopic (exact) mass is 215 g/mol. The number of ether oxygens (including phenoxy) is 1. The number of hydrogen-bond acceptors (Lipinski definition) is 4. The van der Waals surface area contributed by atoms with Crippen LogP contribution >= 0.6 is 0 Å². The second-order valence-electron chi connectivity index (χ2n) is 4.19. The summed E-state index contributed by atoms with van der Waals surface area (Å²) in [5, 5.41) is 11.1. The van der Waals surface area contributed by atoms with E-state index in [1.54, 1.807) is 4.90 Å². The van der Waals surface area contributed by atoms with Gasteiger partial charge in [0.25, 0.3) is 0 Å². The summed E-state index contributed by atoms with van der Waals surface area (Å²) >= 11 is 0. The van der Waals surface area contributed by atoms with Crippen LogP contribution in [0.3, 0.4) is 0 Å². The number of amidine groups is 1. The number of rotatable bonds is 2. The Balaban J connectivity index is 2.53. The molecule has 0 aromatic rings. The Kier molecular flexibility index (Phi) is 3.52. The molecule has 1 heterocycles. The molecule has 1 amide bonds. The quantitative estimate of drug-likeness (QED) is 0.288. The van der Waals surface area contributed by atoms with Gasteiger partial charge in [-0.1, -0.05) is 5.16 Å². The molecule has 0 radical (unpaired) electrons. The van der Waals surface area contributed by atoms with Crippen molar-refractivity contribution in [2.45, 2.75) is 25.9 Å². The lowest BCUT2D eigenvalue weighted by Gasteiger charge is -2.38. The molecular weight excluding hydrogens is 198 g/mol. The minimum absolute atomic E-state index is 0.0490. The van der Waals surface area contributed by atoms with E-state index in [0.29, 0.717) is 19.7 Å². The van der Waals surface area contributed by atoms with E-state index in [1.807, 2.05) is 13.8 Å². The molecule has 1 aliphatic heterocycles. The SMILES string of the molecule is CC1(C)CN(C(=O)C/C(N)=N/O)CCO1. The fraction of sp³-hybridized carbons (Fsp3) is 0.778. The Morgan fingerprint density at radius 3 is 2.87 bits per heavy atom. The van der Waals surface area contributed by atoms with Crippen LogP contribution in [0.2, 0.25) is 0 Å². The lowest BCUT2D eigenvalue weighted by molar-refractivity contribution is -0.144. The number of carbonyl (C=O) groups is 1. The largest absolute Gasteiger partial charge is 0.409 e. The van der Waals surface area contributed by atoms with Crippen LogP contribution in [0.1, 0.15) is 20.3 Å². The average molecular weight is 215 g/mol. The molecule has 0 saturated carbocycles. The summed E-state index contributed by atoms with van der Waals surface area (Å²) in [5.74, 6) is -0.203. The molecular formula is C9H17N3O3. The standard InChI is InChI=1S/C9H17N3O3/c1-9(2)6-12(3-4-15-9)8(13)5-7(10)11-14/h14H,3-6H2,1-2H3,(H2,10,11). The second kappa shape index (κ2) is 4.48. The molecule has 0 aromatic carbocycles. The fourth-order valence-corrected chi connectivity index (χ4v) is 1.53. The summed E-state index contributed by atoms with van der Waals surface area (Å²) in [6.45, 7) is 5.46. The smallest absolute Gasteiger partial charge is 0.230 e. The maximum atomic E-state index is 11.7. The topological polar surface area (TPSA) is 88.2 Å². The molecule has 1 saturated heterocycles. The molecule has 15 heavy (non-hydrogen) atoms. The number of hydrogen-bond donors (Lipinski definition) is 2. The molecule has 0 spiro atoms. The maximum Gasteiger partial charge on any atom is 0.230 e. The van der Waals surface area contributed by atoms with Crippen LogP contribution in [0.15, 0.2) is 5.16 Å². The molecule has 0 atom stereocenters. The highest BCUT2D eigenvalue weighted by Gasteiger charge is 2.29. The summed E-state index contributed by atoms with van der Waals surface area (Å²) in [7, 11) is 0. The molecule has 0 bridgehead atoms. The van der Waals surface area contributed by atoms with Gasteiger partial charge in [0, 0.05) is 13.1 Å². The number of nitrogens with two attached hydrogens (primary N) is 1. The van der Waals surface area contributed by atoms with Crippen molar-refractivity contribution < 1.29 is 14.7 Å². The highest BCUT2D eigenvalue weighted by molar-refractivity contribution is 5.98. The third-order valence-electron chi connectivity index (χ3n) is 2.24. The van der Waals surface area contributed by atoms with Crippen molar-refractivity contribution in [1.29, 1.82) is 0 Å². The van der Waals surface area contributed by atoms with Crippen molar-refractivity contribution in [3.8, 4) is 0 Å². The van der Waals surface area contributed by atoms with Crippen LogP contribution in [0.5, 0.6) is 0 Å². The molecule has 6 heteroatoms. The highest BCUT2D eigenvalue weighted by Crippen LogP contribution is 2.16. The molecule has 1 aliphatic rings. The zero-order chi connectivity index (χ0) is 11.5. The number of morpholine rings is 1. The van der Waals surface area contributed by atoms with E-state index >= 15 is 0 Å². The van der Waals surface area contributed by atoms with E-state index in [1.165, 1.54) is 0 Å². The molecule has 0 aromatic heterocycles. The summed E-state index contributed by atoms with van der Waals surface area (Å²) in [6, 6.07) is 0. The molecule has 6 nitrogen and oxygen atoms in total. The summed E-state index contributed by atoms with van der Waals surface area (Å²) in [6.07, 6.45) is -0.0490. The van der Waals surface area contributed by atoms with Crippen LogP contribution < -0.4 is 5.73 Å². The van der Waals surface area contributed by atoms with E-state index in [0.717, 1.165) is 0 Å². The number of nitrogens with zero attached hydrogens (tertiary/aromatic N) is 2. The predicted octanol–water partition coefficient (Wildman–Crippen LogP) is -0.240. The first-order chi connectivity index (χ1) is 6.94. The van der Waals surface area contributed by atoms with Crippen molar-refractivity contribution in [3.63, 3.8) is 0 Å². The van der Waals surface area contributed by atoms with E-state index in [-0.39, 0.29) is 23.8 Å². The van der Waals surface area contributed by atoms with Crippen LogP contribution in [0.4, 0.5) is 0 Å².